The first kappa shape index (κ1) is 26.0. The van der Waals surface area contributed by atoms with Crippen molar-refractivity contribution in [3.63, 3.8) is 0 Å². The molecular formula is C26H36N2O5S. The van der Waals surface area contributed by atoms with Gasteiger partial charge < -0.3 is 24.0 Å². The van der Waals surface area contributed by atoms with E-state index in [-0.39, 0.29) is 24.3 Å². The van der Waals surface area contributed by atoms with Crippen LogP contribution in [0.3, 0.4) is 0 Å². The monoisotopic (exact) mass is 488 g/mol. The van der Waals surface area contributed by atoms with E-state index in [0.29, 0.717) is 44.2 Å². The lowest BCUT2D eigenvalue weighted by Gasteiger charge is -2.29. The number of benzene rings is 1. The number of nitrogens with zero attached hydrogens (tertiary/aromatic N) is 2. The van der Waals surface area contributed by atoms with Gasteiger partial charge in [-0.1, -0.05) is 25.0 Å². The summed E-state index contributed by atoms with van der Waals surface area (Å²) in [6.45, 7) is 2.00. The molecule has 0 atom stereocenters. The first-order chi connectivity index (χ1) is 16.5. The summed E-state index contributed by atoms with van der Waals surface area (Å²) in [4.78, 5) is 31.2. The molecule has 2 amide bonds. The average molecular weight is 489 g/mol. The Bertz CT molecular complexity index is 912. The molecule has 1 aromatic heterocycles. The van der Waals surface area contributed by atoms with Crippen molar-refractivity contribution < 1.29 is 23.8 Å². The lowest BCUT2D eigenvalue weighted by molar-refractivity contribution is -0.143. The molecule has 0 spiro atoms. The Morgan fingerprint density at radius 2 is 1.76 bits per heavy atom. The van der Waals surface area contributed by atoms with Crippen LogP contribution in [-0.2, 0) is 27.3 Å². The predicted molar refractivity (Wildman–Crippen MR) is 133 cm³/mol. The molecule has 1 aromatic carbocycles. The van der Waals surface area contributed by atoms with Gasteiger partial charge >= 0.3 is 0 Å². The number of carbonyl (C=O) groups excluding carboxylic acids is 2. The van der Waals surface area contributed by atoms with Gasteiger partial charge in [-0.3, -0.25) is 9.59 Å². The summed E-state index contributed by atoms with van der Waals surface area (Å²) in [5.74, 6) is 1.42. The third-order valence-corrected chi connectivity index (χ3v) is 7.17. The zero-order valence-electron chi connectivity index (χ0n) is 20.5. The van der Waals surface area contributed by atoms with Crippen LogP contribution in [0.25, 0.3) is 0 Å². The molecule has 0 unspecified atom stereocenters. The quantitative estimate of drug-likeness (QED) is 0.426. The number of hydrogen-bond donors (Lipinski definition) is 0. The molecule has 1 heterocycles. The van der Waals surface area contributed by atoms with E-state index in [1.54, 1.807) is 37.6 Å². The van der Waals surface area contributed by atoms with Gasteiger partial charge in [0.2, 0.25) is 11.8 Å². The number of thiophene rings is 1. The van der Waals surface area contributed by atoms with Gasteiger partial charge in [0.15, 0.2) is 11.5 Å². The Hall–Kier alpha value is -2.58. The van der Waals surface area contributed by atoms with Crippen LogP contribution >= 0.6 is 11.3 Å². The van der Waals surface area contributed by atoms with Crippen molar-refractivity contribution in [1.82, 2.24) is 9.80 Å². The highest BCUT2D eigenvalue weighted by Gasteiger charge is 2.29. The summed E-state index contributed by atoms with van der Waals surface area (Å²) in [6, 6.07) is 9.84. The van der Waals surface area contributed by atoms with Gasteiger partial charge in [-0.05, 0) is 48.4 Å². The third kappa shape index (κ3) is 7.21. The van der Waals surface area contributed by atoms with E-state index in [2.05, 4.69) is 0 Å². The molecule has 0 bridgehead atoms. The minimum Gasteiger partial charge on any atom is -0.493 e. The summed E-state index contributed by atoms with van der Waals surface area (Å²) in [5, 5.41) is 2.01. The molecule has 186 valence electrons. The number of rotatable bonds is 13. The minimum atomic E-state index is -0.0451. The van der Waals surface area contributed by atoms with Crippen LogP contribution in [0.5, 0.6) is 11.5 Å². The molecular weight excluding hydrogens is 452 g/mol. The number of hydrogen-bond acceptors (Lipinski definition) is 6. The normalized spacial score (nSPS) is 13.6. The van der Waals surface area contributed by atoms with Gasteiger partial charge in [-0.2, -0.15) is 0 Å². The predicted octanol–water partition coefficient (Wildman–Crippen LogP) is 4.00. The van der Waals surface area contributed by atoms with Gasteiger partial charge in [0, 0.05) is 31.0 Å². The highest BCUT2D eigenvalue weighted by Crippen LogP contribution is 2.28. The van der Waals surface area contributed by atoms with Gasteiger partial charge in [0.25, 0.3) is 0 Å². The van der Waals surface area contributed by atoms with Gasteiger partial charge in [-0.15, -0.1) is 11.3 Å². The molecule has 3 rings (SSSR count). The number of ether oxygens (including phenoxy) is 3. The van der Waals surface area contributed by atoms with E-state index in [0.717, 1.165) is 36.1 Å². The van der Waals surface area contributed by atoms with Crippen molar-refractivity contribution in [3.05, 3.63) is 46.2 Å². The Labute approximate surface area is 206 Å². The molecule has 0 saturated heterocycles. The molecule has 1 saturated carbocycles. The van der Waals surface area contributed by atoms with Crippen molar-refractivity contribution in [2.24, 2.45) is 5.92 Å². The lowest BCUT2D eigenvalue weighted by Crippen LogP contribution is -2.46. The molecule has 1 fully saturated rings. The second-order valence-corrected chi connectivity index (χ2v) is 9.60. The largest absolute Gasteiger partial charge is 0.493 e. The molecule has 2 aromatic rings. The Balaban J connectivity index is 1.71. The Morgan fingerprint density at radius 3 is 2.41 bits per heavy atom. The number of carbonyl (C=O) groups is 2. The fraction of sp³-hybridized carbons (Fsp3) is 0.538. The van der Waals surface area contributed by atoms with Gasteiger partial charge in [0.05, 0.1) is 33.9 Å². The molecule has 8 heteroatoms. The van der Waals surface area contributed by atoms with Crippen molar-refractivity contribution in [2.45, 2.75) is 38.6 Å². The van der Waals surface area contributed by atoms with Crippen molar-refractivity contribution in [2.75, 3.05) is 47.6 Å². The van der Waals surface area contributed by atoms with E-state index in [1.165, 1.54) is 0 Å². The van der Waals surface area contributed by atoms with E-state index < -0.39 is 0 Å². The fourth-order valence-electron chi connectivity index (χ4n) is 4.35. The molecule has 7 nitrogen and oxygen atoms in total. The molecule has 1 aliphatic carbocycles. The third-order valence-electron chi connectivity index (χ3n) is 6.31. The first-order valence-electron chi connectivity index (χ1n) is 11.8. The summed E-state index contributed by atoms with van der Waals surface area (Å²) in [5.41, 5.74) is 1.06. The highest BCUT2D eigenvalue weighted by molar-refractivity contribution is 7.09. The summed E-state index contributed by atoms with van der Waals surface area (Å²) < 4.78 is 16.0. The van der Waals surface area contributed by atoms with Crippen LogP contribution in [0.2, 0.25) is 0 Å². The maximum absolute atomic E-state index is 13.5. The van der Waals surface area contributed by atoms with Crippen LogP contribution in [-0.4, -0.2) is 69.2 Å². The average Bonchev–Trinajstić information content (AvgIpc) is 3.58. The molecule has 34 heavy (non-hydrogen) atoms. The Morgan fingerprint density at radius 1 is 1.00 bits per heavy atom. The zero-order chi connectivity index (χ0) is 24.3. The summed E-state index contributed by atoms with van der Waals surface area (Å²) in [6.07, 6.45) is 4.66. The highest BCUT2D eigenvalue weighted by atomic mass is 32.1. The van der Waals surface area contributed by atoms with Crippen LogP contribution < -0.4 is 9.47 Å². The molecule has 0 N–H and O–H groups in total. The first-order valence-corrected chi connectivity index (χ1v) is 12.7. The van der Waals surface area contributed by atoms with E-state index in [1.807, 2.05) is 40.6 Å². The van der Waals surface area contributed by atoms with Crippen molar-refractivity contribution >= 4 is 23.2 Å². The molecule has 0 aliphatic heterocycles. The maximum atomic E-state index is 13.5. The summed E-state index contributed by atoms with van der Waals surface area (Å²) in [7, 11) is 4.84. The lowest BCUT2D eigenvalue weighted by atomic mass is 10.1. The number of amides is 2. The van der Waals surface area contributed by atoms with E-state index in [9.17, 15) is 9.59 Å². The van der Waals surface area contributed by atoms with Crippen LogP contribution in [0.1, 0.15) is 36.1 Å². The van der Waals surface area contributed by atoms with Crippen LogP contribution in [0.4, 0.5) is 0 Å². The van der Waals surface area contributed by atoms with Gasteiger partial charge in [0.1, 0.15) is 0 Å². The molecule has 1 aliphatic rings. The van der Waals surface area contributed by atoms with E-state index >= 15 is 0 Å². The standard InChI is InChI=1S/C26H36N2O5S/c1-31-15-14-28(26(30)21-7-4-5-8-21)19-25(29)27(18-22-9-6-16-34-22)13-12-20-10-11-23(32-2)24(17-20)33-3/h6,9-11,16-17,21H,4-5,7-8,12-15,18-19H2,1-3H3. The second-order valence-electron chi connectivity index (χ2n) is 8.57. The van der Waals surface area contributed by atoms with Gasteiger partial charge in [-0.25, -0.2) is 0 Å². The molecule has 0 radical (unpaired) electrons. The van der Waals surface area contributed by atoms with Crippen LogP contribution in [0, 0.1) is 5.92 Å². The second kappa shape index (κ2) is 13.3. The minimum absolute atomic E-state index is 0.0298. The fourth-order valence-corrected chi connectivity index (χ4v) is 5.07. The van der Waals surface area contributed by atoms with Crippen molar-refractivity contribution in [3.8, 4) is 11.5 Å². The topological polar surface area (TPSA) is 68.3 Å². The van der Waals surface area contributed by atoms with Crippen LogP contribution in [0.15, 0.2) is 35.7 Å². The van der Waals surface area contributed by atoms with Crippen molar-refractivity contribution in [1.29, 1.82) is 0 Å². The smallest absolute Gasteiger partial charge is 0.242 e. The summed E-state index contributed by atoms with van der Waals surface area (Å²) >= 11 is 1.63. The zero-order valence-corrected chi connectivity index (χ0v) is 21.3. The number of methoxy groups -OCH3 is 3. The SMILES string of the molecule is COCCN(CC(=O)N(CCc1ccc(OC)c(OC)c1)Cc1cccs1)C(=O)C1CCCC1. The van der Waals surface area contributed by atoms with E-state index in [4.69, 9.17) is 14.2 Å². The maximum Gasteiger partial charge on any atom is 0.242 e. The Kier molecular flexibility index (Phi) is 10.2.